The van der Waals surface area contributed by atoms with E-state index in [4.69, 9.17) is 13.8 Å². The van der Waals surface area contributed by atoms with Crippen LogP contribution in [0.1, 0.15) is 96.8 Å². The fraction of sp³-hybridized carbons (Fsp3) is 1.00. The van der Waals surface area contributed by atoms with Crippen molar-refractivity contribution in [1.82, 2.24) is 0 Å². The van der Waals surface area contributed by atoms with E-state index in [1.807, 2.05) is 21.1 Å². The number of unbranched alkanes of at least 4 members (excludes halogenated alkanes) is 13. The molecule has 0 saturated carbocycles. The van der Waals surface area contributed by atoms with Crippen LogP contribution in [-0.4, -0.2) is 63.5 Å². The Morgan fingerprint density at radius 1 is 0.633 bits per heavy atom. The highest BCUT2D eigenvalue weighted by atomic mass is 31.2. The molecule has 6 nitrogen and oxygen atoms in total. The predicted octanol–water partition coefficient (Wildman–Crippen LogP) is 6.32. The molecule has 0 aromatic heterocycles. The summed E-state index contributed by atoms with van der Waals surface area (Å²) in [7, 11) is 2.03. The van der Waals surface area contributed by atoms with Crippen LogP contribution < -0.4 is 0 Å². The summed E-state index contributed by atoms with van der Waals surface area (Å²) in [6.45, 7) is 4.19. The van der Waals surface area contributed by atoms with E-state index < -0.39 is 7.82 Å². The number of hydrogen-bond acceptors (Lipinski definition) is 4. The van der Waals surface area contributed by atoms with Crippen LogP contribution >= 0.6 is 7.82 Å². The number of ether oxygens (including phenoxy) is 1. The van der Waals surface area contributed by atoms with Crippen LogP contribution in [0.3, 0.4) is 0 Å². The molecule has 7 heteroatoms. The normalized spacial score (nSPS) is 14.2. The number of hydrogen-bond donors (Lipinski definition) is 1. The van der Waals surface area contributed by atoms with E-state index in [0.29, 0.717) is 24.2 Å². The van der Waals surface area contributed by atoms with Crippen LogP contribution in [0.4, 0.5) is 0 Å². The Balaban J connectivity index is 3.26. The molecule has 0 aromatic rings. The molecule has 1 atom stereocenters. The van der Waals surface area contributed by atoms with Gasteiger partial charge in [0.15, 0.2) is 0 Å². The Labute approximate surface area is 186 Å². The van der Waals surface area contributed by atoms with Gasteiger partial charge in [-0.1, -0.05) is 90.4 Å². The smallest absolute Gasteiger partial charge is 0.379 e. The van der Waals surface area contributed by atoms with Crippen LogP contribution in [0.15, 0.2) is 0 Å². The summed E-state index contributed by atoms with van der Waals surface area (Å²) in [4.78, 5) is 9.59. The second kappa shape index (κ2) is 19.7. The van der Waals surface area contributed by atoms with Gasteiger partial charge in [0.2, 0.25) is 0 Å². The van der Waals surface area contributed by atoms with Crippen molar-refractivity contribution >= 4 is 7.82 Å². The van der Waals surface area contributed by atoms with Crippen molar-refractivity contribution in [1.29, 1.82) is 0 Å². The van der Waals surface area contributed by atoms with Crippen molar-refractivity contribution in [2.45, 2.75) is 96.8 Å². The Bertz CT molecular complexity index is 415. The number of likely N-dealkylation sites (N-methyl/N-ethyl adjacent to an activating group) is 1. The summed E-state index contributed by atoms with van der Waals surface area (Å²) >= 11 is 0. The van der Waals surface area contributed by atoms with Gasteiger partial charge >= 0.3 is 7.82 Å². The summed E-state index contributed by atoms with van der Waals surface area (Å²) in [5, 5.41) is 0. The predicted molar refractivity (Wildman–Crippen MR) is 126 cm³/mol. The molecule has 182 valence electrons. The first-order valence-electron chi connectivity index (χ1n) is 12.3. The first-order chi connectivity index (χ1) is 14.3. The van der Waals surface area contributed by atoms with Crippen LogP contribution in [0.25, 0.3) is 0 Å². The van der Waals surface area contributed by atoms with Crippen molar-refractivity contribution in [2.75, 3.05) is 54.1 Å². The molecule has 0 radical (unpaired) electrons. The highest BCUT2D eigenvalue weighted by molar-refractivity contribution is 7.47. The van der Waals surface area contributed by atoms with Crippen LogP contribution in [0.5, 0.6) is 0 Å². The molecule has 0 amide bonds. The summed E-state index contributed by atoms with van der Waals surface area (Å²) in [6.07, 6.45) is 18.7. The van der Waals surface area contributed by atoms with Gasteiger partial charge in [0, 0.05) is 6.61 Å². The molecule has 0 aliphatic heterocycles. The van der Waals surface area contributed by atoms with Gasteiger partial charge in [-0.3, -0.25) is 9.05 Å². The molecule has 0 saturated heterocycles. The molecule has 1 unspecified atom stereocenters. The van der Waals surface area contributed by atoms with Crippen molar-refractivity contribution in [3.63, 3.8) is 0 Å². The first kappa shape index (κ1) is 30.0. The zero-order valence-electron chi connectivity index (χ0n) is 20.4. The molecule has 0 aliphatic rings. The van der Waals surface area contributed by atoms with E-state index in [2.05, 4.69) is 6.92 Å². The maximum Gasteiger partial charge on any atom is 0.472 e. The molecule has 0 aliphatic carbocycles. The Morgan fingerprint density at radius 2 is 1.07 bits per heavy atom. The Morgan fingerprint density at radius 3 is 1.53 bits per heavy atom. The number of nitrogens with zero attached hydrogens (tertiary/aromatic N) is 1. The molecule has 30 heavy (non-hydrogen) atoms. The summed E-state index contributed by atoms with van der Waals surface area (Å²) in [6, 6.07) is 0. The summed E-state index contributed by atoms with van der Waals surface area (Å²) < 4.78 is 27.7. The molecule has 0 spiro atoms. The molecule has 0 bridgehead atoms. The van der Waals surface area contributed by atoms with Gasteiger partial charge in [0.1, 0.15) is 13.2 Å². The third kappa shape index (κ3) is 24.3. The molecule has 0 heterocycles. The zero-order valence-corrected chi connectivity index (χ0v) is 21.3. The van der Waals surface area contributed by atoms with Gasteiger partial charge in [0.05, 0.1) is 34.4 Å². The average Bonchev–Trinajstić information content (AvgIpc) is 2.65. The monoisotopic (exact) mass is 452 g/mol. The Hall–Kier alpha value is 0.0300. The number of phosphoric ester groups is 1. The van der Waals surface area contributed by atoms with Crippen LogP contribution in [-0.2, 0) is 18.3 Å². The van der Waals surface area contributed by atoms with Gasteiger partial charge in [-0.25, -0.2) is 4.57 Å². The van der Waals surface area contributed by atoms with Gasteiger partial charge in [-0.05, 0) is 6.42 Å². The second-order valence-corrected chi connectivity index (χ2v) is 10.8. The van der Waals surface area contributed by atoms with Crippen molar-refractivity contribution < 1.29 is 27.7 Å². The topological polar surface area (TPSA) is 65.0 Å². The molecular weight excluding hydrogens is 401 g/mol. The lowest BCUT2D eigenvalue weighted by atomic mass is 10.0. The third-order valence-electron chi connectivity index (χ3n) is 5.14. The third-order valence-corrected chi connectivity index (χ3v) is 6.16. The van der Waals surface area contributed by atoms with E-state index in [1.165, 1.54) is 83.5 Å². The highest BCUT2D eigenvalue weighted by Gasteiger charge is 2.22. The molecule has 1 N–H and O–H groups in total. The van der Waals surface area contributed by atoms with Crippen LogP contribution in [0.2, 0.25) is 0 Å². The lowest BCUT2D eigenvalue weighted by Crippen LogP contribution is -2.37. The largest absolute Gasteiger partial charge is 0.472 e. The number of phosphoric acid groups is 1. The average molecular weight is 453 g/mol. The number of quaternary nitrogens is 1. The SMILES string of the molecule is CCCCCCCCCCCCCCCCOCCOP(=O)(O)OCC[N+](C)(C)C. The van der Waals surface area contributed by atoms with Gasteiger partial charge in [-0.15, -0.1) is 0 Å². The van der Waals surface area contributed by atoms with E-state index in [1.54, 1.807) is 0 Å². The lowest BCUT2D eigenvalue weighted by molar-refractivity contribution is -0.870. The summed E-state index contributed by atoms with van der Waals surface area (Å²) in [5.74, 6) is 0. The van der Waals surface area contributed by atoms with Crippen LogP contribution in [0, 0.1) is 0 Å². The maximum atomic E-state index is 11.7. The minimum Gasteiger partial charge on any atom is -0.379 e. The first-order valence-corrected chi connectivity index (χ1v) is 13.8. The van der Waals surface area contributed by atoms with E-state index >= 15 is 0 Å². The standard InChI is InChI=1S/C23H50NO5P/c1-5-6-7-8-9-10-11-12-13-14-15-16-17-18-20-27-22-23-29-30(25,26)28-21-19-24(2,3)4/h5-23H2,1-4H3/p+1. The number of rotatable bonds is 23. The van der Waals surface area contributed by atoms with Gasteiger partial charge in [0.25, 0.3) is 0 Å². The Kier molecular flexibility index (Phi) is 19.7. The minimum atomic E-state index is -3.96. The van der Waals surface area contributed by atoms with Crippen molar-refractivity contribution in [3.05, 3.63) is 0 Å². The van der Waals surface area contributed by atoms with Gasteiger partial charge in [-0.2, -0.15) is 0 Å². The zero-order chi connectivity index (χ0) is 22.6. The fourth-order valence-electron chi connectivity index (χ4n) is 3.18. The maximum absolute atomic E-state index is 11.7. The van der Waals surface area contributed by atoms with Crippen molar-refractivity contribution in [2.24, 2.45) is 0 Å². The quantitative estimate of drug-likeness (QED) is 0.112. The molecule has 0 aromatic carbocycles. The molecule has 0 rings (SSSR count). The van der Waals surface area contributed by atoms with Crippen molar-refractivity contribution in [3.8, 4) is 0 Å². The molecule has 0 fully saturated rings. The minimum absolute atomic E-state index is 0.0801. The second-order valence-electron chi connectivity index (χ2n) is 9.36. The van der Waals surface area contributed by atoms with E-state index in [-0.39, 0.29) is 13.2 Å². The lowest BCUT2D eigenvalue weighted by Gasteiger charge is -2.24. The van der Waals surface area contributed by atoms with E-state index in [9.17, 15) is 9.46 Å². The summed E-state index contributed by atoms with van der Waals surface area (Å²) in [5.41, 5.74) is 0. The molecular formula is C23H51NO5P+. The van der Waals surface area contributed by atoms with Gasteiger partial charge < -0.3 is 14.1 Å². The highest BCUT2D eigenvalue weighted by Crippen LogP contribution is 2.42. The van der Waals surface area contributed by atoms with E-state index in [0.717, 1.165) is 6.42 Å². The fourth-order valence-corrected chi connectivity index (χ4v) is 3.87.